The maximum atomic E-state index is 12.1. The highest BCUT2D eigenvalue weighted by atomic mass is 16.1. The van der Waals surface area contributed by atoms with Crippen molar-refractivity contribution in [1.29, 1.82) is 0 Å². The van der Waals surface area contributed by atoms with Gasteiger partial charge in [0.05, 0.1) is 11.0 Å². The molecule has 136 valence electrons. The number of hydrogen-bond donors (Lipinski definition) is 1. The maximum Gasteiger partial charge on any atom is 0.269 e. The third kappa shape index (κ3) is 4.28. The van der Waals surface area contributed by atoms with Gasteiger partial charge >= 0.3 is 0 Å². The molecule has 2 heterocycles. The molecule has 0 aliphatic heterocycles. The smallest absolute Gasteiger partial charge is 0.269 e. The zero-order valence-electron chi connectivity index (χ0n) is 15.5. The van der Waals surface area contributed by atoms with Crippen LogP contribution in [0.25, 0.3) is 11.0 Å². The van der Waals surface area contributed by atoms with E-state index in [1.807, 2.05) is 12.1 Å². The van der Waals surface area contributed by atoms with Crippen LogP contribution < -0.4 is 5.32 Å². The van der Waals surface area contributed by atoms with Gasteiger partial charge in [-0.3, -0.25) is 9.78 Å². The summed E-state index contributed by atoms with van der Waals surface area (Å²) in [7, 11) is 0. The Morgan fingerprint density at radius 3 is 2.77 bits per heavy atom. The summed E-state index contributed by atoms with van der Waals surface area (Å²) in [5, 5.41) is 2.94. The molecule has 1 amide bonds. The minimum Gasteiger partial charge on any atom is -0.351 e. The number of nitrogens with zero attached hydrogens (tertiary/aromatic N) is 3. The Morgan fingerprint density at radius 1 is 1.19 bits per heavy atom. The highest BCUT2D eigenvalue weighted by Crippen LogP contribution is 2.19. The lowest BCUT2D eigenvalue weighted by molar-refractivity contribution is 0.0948. The molecule has 0 spiro atoms. The van der Waals surface area contributed by atoms with Gasteiger partial charge in [0.25, 0.3) is 5.91 Å². The summed E-state index contributed by atoms with van der Waals surface area (Å²) >= 11 is 0. The monoisotopic (exact) mass is 350 g/mol. The number of aryl methyl sites for hydroxylation is 1. The summed E-state index contributed by atoms with van der Waals surface area (Å²) in [6.45, 7) is 6.08. The Labute approximate surface area is 154 Å². The van der Waals surface area contributed by atoms with Crippen LogP contribution in [0.4, 0.5) is 0 Å². The summed E-state index contributed by atoms with van der Waals surface area (Å²) in [6.07, 6.45) is 4.47. The Balaban J connectivity index is 1.63. The lowest BCUT2D eigenvalue weighted by Gasteiger charge is -2.14. The summed E-state index contributed by atoms with van der Waals surface area (Å²) in [5.74, 6) is 1.58. The number of aromatic nitrogens is 3. The Kier molecular flexibility index (Phi) is 6.00. The first-order valence-electron chi connectivity index (χ1n) is 9.32. The van der Waals surface area contributed by atoms with E-state index >= 15 is 0 Å². The molecular formula is C21H26N4O. The molecule has 3 rings (SSSR count). The largest absolute Gasteiger partial charge is 0.351 e. The van der Waals surface area contributed by atoms with E-state index in [9.17, 15) is 4.79 Å². The fourth-order valence-electron chi connectivity index (χ4n) is 3.00. The van der Waals surface area contributed by atoms with Crippen molar-refractivity contribution in [3.05, 3.63) is 60.2 Å². The van der Waals surface area contributed by atoms with Gasteiger partial charge in [-0.05, 0) is 36.6 Å². The van der Waals surface area contributed by atoms with E-state index in [1.165, 1.54) is 5.52 Å². The molecule has 1 N–H and O–H groups in total. The van der Waals surface area contributed by atoms with Crippen LogP contribution in [0.2, 0.25) is 0 Å². The maximum absolute atomic E-state index is 12.1. The molecule has 0 saturated heterocycles. The van der Waals surface area contributed by atoms with Gasteiger partial charge in [0, 0.05) is 25.7 Å². The first-order chi connectivity index (χ1) is 12.7. The minimum atomic E-state index is -0.126. The van der Waals surface area contributed by atoms with Crippen molar-refractivity contribution < 1.29 is 4.79 Å². The molecule has 5 heteroatoms. The van der Waals surface area contributed by atoms with Gasteiger partial charge in [-0.15, -0.1) is 0 Å². The van der Waals surface area contributed by atoms with E-state index < -0.39 is 0 Å². The van der Waals surface area contributed by atoms with Gasteiger partial charge in [-0.2, -0.15) is 0 Å². The number of rotatable bonds is 8. The second-order valence-corrected chi connectivity index (χ2v) is 6.72. The van der Waals surface area contributed by atoms with Crippen LogP contribution in [0.1, 0.15) is 43.0 Å². The van der Waals surface area contributed by atoms with Crippen LogP contribution in [-0.2, 0) is 13.0 Å². The molecule has 2 aromatic heterocycles. The first-order valence-corrected chi connectivity index (χ1v) is 9.32. The molecule has 5 nitrogen and oxygen atoms in total. The second-order valence-electron chi connectivity index (χ2n) is 6.72. The van der Waals surface area contributed by atoms with E-state index in [4.69, 9.17) is 4.98 Å². The first kappa shape index (κ1) is 18.1. The highest BCUT2D eigenvalue weighted by molar-refractivity contribution is 5.92. The van der Waals surface area contributed by atoms with Crippen molar-refractivity contribution in [2.24, 2.45) is 5.92 Å². The average molecular weight is 350 g/mol. The Morgan fingerprint density at radius 2 is 2.00 bits per heavy atom. The van der Waals surface area contributed by atoms with Crippen molar-refractivity contribution in [1.82, 2.24) is 19.9 Å². The van der Waals surface area contributed by atoms with E-state index in [0.717, 1.165) is 37.1 Å². The molecule has 1 aromatic carbocycles. The van der Waals surface area contributed by atoms with Crippen molar-refractivity contribution >= 4 is 16.9 Å². The minimum absolute atomic E-state index is 0.126. The standard InChI is InChI=1S/C21H26N4O/c1-3-16(2)15-25-19-11-5-4-9-17(19)24-20(25)12-8-14-23-21(26)18-10-6-7-13-22-18/h4-7,9-11,13,16H,3,8,12,14-15H2,1-2H3,(H,23,26). The number of imidazole rings is 1. The van der Waals surface area contributed by atoms with E-state index in [1.54, 1.807) is 18.3 Å². The zero-order chi connectivity index (χ0) is 18.4. The predicted molar refractivity (Wildman–Crippen MR) is 104 cm³/mol. The molecule has 26 heavy (non-hydrogen) atoms. The summed E-state index contributed by atoms with van der Waals surface area (Å²) in [4.78, 5) is 20.9. The zero-order valence-corrected chi connectivity index (χ0v) is 15.5. The third-order valence-electron chi connectivity index (χ3n) is 4.69. The molecular weight excluding hydrogens is 324 g/mol. The van der Waals surface area contributed by atoms with Gasteiger partial charge in [0.1, 0.15) is 11.5 Å². The van der Waals surface area contributed by atoms with Gasteiger partial charge < -0.3 is 9.88 Å². The summed E-state index contributed by atoms with van der Waals surface area (Å²) in [6, 6.07) is 13.6. The van der Waals surface area contributed by atoms with Crippen LogP contribution in [0, 0.1) is 5.92 Å². The lowest BCUT2D eigenvalue weighted by Crippen LogP contribution is -2.25. The van der Waals surface area contributed by atoms with Crippen LogP contribution in [0.5, 0.6) is 0 Å². The fraction of sp³-hybridized carbons (Fsp3) is 0.381. The fourth-order valence-corrected chi connectivity index (χ4v) is 3.00. The average Bonchev–Trinajstić information content (AvgIpc) is 3.03. The van der Waals surface area contributed by atoms with Crippen LogP contribution >= 0.6 is 0 Å². The van der Waals surface area contributed by atoms with Crippen LogP contribution in [0.3, 0.4) is 0 Å². The normalized spacial score (nSPS) is 12.2. The molecule has 0 aliphatic rings. The quantitative estimate of drug-likeness (QED) is 0.628. The third-order valence-corrected chi connectivity index (χ3v) is 4.69. The molecule has 0 saturated carbocycles. The number of nitrogens with one attached hydrogen (secondary N) is 1. The molecule has 1 unspecified atom stereocenters. The Bertz CT molecular complexity index is 857. The number of benzene rings is 1. The van der Waals surface area contributed by atoms with Gasteiger partial charge in [0.15, 0.2) is 0 Å². The topological polar surface area (TPSA) is 59.8 Å². The number of carbonyl (C=O) groups is 1. The van der Waals surface area contributed by atoms with Crippen molar-refractivity contribution in [3.8, 4) is 0 Å². The van der Waals surface area contributed by atoms with Crippen molar-refractivity contribution in [2.45, 2.75) is 39.7 Å². The molecule has 1 atom stereocenters. The number of carbonyl (C=O) groups excluding carboxylic acids is 1. The van der Waals surface area contributed by atoms with Crippen molar-refractivity contribution in [3.63, 3.8) is 0 Å². The molecule has 0 fully saturated rings. The van der Waals surface area contributed by atoms with E-state index in [2.05, 4.69) is 46.9 Å². The number of para-hydroxylation sites is 2. The van der Waals surface area contributed by atoms with E-state index in [-0.39, 0.29) is 5.91 Å². The highest BCUT2D eigenvalue weighted by Gasteiger charge is 2.12. The second kappa shape index (κ2) is 8.61. The van der Waals surface area contributed by atoms with Gasteiger partial charge in [0.2, 0.25) is 0 Å². The molecule has 0 radical (unpaired) electrons. The predicted octanol–water partition coefficient (Wildman–Crippen LogP) is 3.84. The summed E-state index contributed by atoms with van der Waals surface area (Å²) in [5.41, 5.74) is 2.69. The molecule has 3 aromatic rings. The van der Waals surface area contributed by atoms with Crippen LogP contribution in [0.15, 0.2) is 48.7 Å². The number of hydrogen-bond acceptors (Lipinski definition) is 3. The lowest BCUT2D eigenvalue weighted by atomic mass is 10.1. The van der Waals surface area contributed by atoms with Gasteiger partial charge in [-0.1, -0.05) is 38.5 Å². The van der Waals surface area contributed by atoms with Gasteiger partial charge in [-0.25, -0.2) is 4.98 Å². The van der Waals surface area contributed by atoms with Crippen molar-refractivity contribution in [2.75, 3.05) is 6.54 Å². The SMILES string of the molecule is CCC(C)Cn1c(CCCNC(=O)c2ccccn2)nc2ccccc21. The number of pyridine rings is 1. The number of amides is 1. The Hall–Kier alpha value is -2.69. The molecule has 0 bridgehead atoms. The van der Waals surface area contributed by atoms with E-state index in [0.29, 0.717) is 18.2 Å². The number of fused-ring (bicyclic) bond motifs is 1. The van der Waals surface area contributed by atoms with Crippen LogP contribution in [-0.4, -0.2) is 27.0 Å². The summed E-state index contributed by atoms with van der Waals surface area (Å²) < 4.78 is 2.34. The molecule has 0 aliphatic carbocycles.